The van der Waals surface area contributed by atoms with Crippen LogP contribution in [0.25, 0.3) is 0 Å². The maximum Gasteiger partial charge on any atom is 0.0558 e. The van der Waals surface area contributed by atoms with E-state index in [4.69, 9.17) is 5.11 Å². The Balaban J connectivity index is 1.59. The molecule has 2 rings (SSSR count). The molecule has 2 aliphatic rings. The summed E-state index contributed by atoms with van der Waals surface area (Å²) in [4.78, 5) is 7.64. The van der Waals surface area contributed by atoms with Crippen molar-refractivity contribution in [2.45, 2.75) is 38.6 Å². The van der Waals surface area contributed by atoms with E-state index in [9.17, 15) is 0 Å². The van der Waals surface area contributed by atoms with Crippen LogP contribution in [-0.2, 0) is 0 Å². The van der Waals surface area contributed by atoms with E-state index in [2.05, 4.69) is 21.6 Å². The molecule has 0 spiro atoms. The first-order valence-electron chi connectivity index (χ1n) is 8.09. The first-order valence-corrected chi connectivity index (χ1v) is 8.09. The lowest BCUT2D eigenvalue weighted by molar-refractivity contribution is 0.0658. The Labute approximate surface area is 118 Å². The van der Waals surface area contributed by atoms with Gasteiger partial charge in [0.2, 0.25) is 0 Å². The normalized spacial score (nSPS) is 27.8. The highest BCUT2D eigenvalue weighted by molar-refractivity contribution is 4.79. The molecule has 0 aliphatic carbocycles. The van der Waals surface area contributed by atoms with Crippen LogP contribution in [-0.4, -0.2) is 84.8 Å². The van der Waals surface area contributed by atoms with Crippen LogP contribution >= 0.6 is 0 Å². The van der Waals surface area contributed by atoms with Crippen molar-refractivity contribution in [3.05, 3.63) is 0 Å². The lowest BCUT2D eigenvalue weighted by Crippen LogP contribution is -2.52. The molecule has 0 aromatic heterocycles. The quantitative estimate of drug-likeness (QED) is 0.775. The molecule has 0 saturated carbocycles. The van der Waals surface area contributed by atoms with E-state index >= 15 is 0 Å². The van der Waals surface area contributed by atoms with E-state index in [1.54, 1.807) is 0 Å². The van der Waals surface area contributed by atoms with Crippen molar-refractivity contribution >= 4 is 0 Å². The first kappa shape index (κ1) is 15.2. The highest BCUT2D eigenvalue weighted by Crippen LogP contribution is 2.11. The number of rotatable bonds is 6. The third-order valence-electron chi connectivity index (χ3n) is 4.63. The number of piperidine rings is 1. The van der Waals surface area contributed by atoms with Gasteiger partial charge in [0.1, 0.15) is 0 Å². The Bertz CT molecular complexity index is 244. The van der Waals surface area contributed by atoms with Gasteiger partial charge in [-0.1, -0.05) is 6.42 Å². The summed E-state index contributed by atoms with van der Waals surface area (Å²) in [6.07, 6.45) is 5.54. The summed E-state index contributed by atoms with van der Waals surface area (Å²) >= 11 is 0. The molecule has 0 bridgehead atoms. The predicted octanol–water partition coefficient (Wildman–Crippen LogP) is 0.861. The molecule has 2 fully saturated rings. The van der Waals surface area contributed by atoms with E-state index in [0.29, 0.717) is 12.6 Å². The molecule has 1 atom stereocenters. The second-order valence-corrected chi connectivity index (χ2v) is 6.17. The van der Waals surface area contributed by atoms with Gasteiger partial charge in [-0.05, 0) is 52.4 Å². The first-order chi connectivity index (χ1) is 9.29. The number of aliphatic hydroxyl groups excluding tert-OH is 1. The largest absolute Gasteiger partial charge is 0.395 e. The maximum absolute atomic E-state index is 9.03. The van der Waals surface area contributed by atoms with E-state index < -0.39 is 0 Å². The molecule has 0 radical (unpaired) electrons. The van der Waals surface area contributed by atoms with E-state index in [1.807, 2.05) is 0 Å². The van der Waals surface area contributed by atoms with Crippen molar-refractivity contribution in [3.8, 4) is 0 Å². The Morgan fingerprint density at radius 1 is 0.895 bits per heavy atom. The summed E-state index contributed by atoms with van der Waals surface area (Å²) in [6.45, 7) is 12.0. The molecular weight excluding hydrogens is 238 g/mol. The third-order valence-corrected chi connectivity index (χ3v) is 4.63. The minimum Gasteiger partial charge on any atom is -0.395 e. The number of hydrogen-bond acceptors (Lipinski definition) is 4. The molecule has 4 nitrogen and oxygen atoms in total. The van der Waals surface area contributed by atoms with Crippen molar-refractivity contribution in [3.63, 3.8) is 0 Å². The maximum atomic E-state index is 9.03. The molecular formula is C15H31N3O. The van der Waals surface area contributed by atoms with Crippen LogP contribution in [0.4, 0.5) is 0 Å². The van der Waals surface area contributed by atoms with Crippen molar-refractivity contribution in [1.82, 2.24) is 14.7 Å². The highest BCUT2D eigenvalue weighted by Gasteiger charge is 2.22. The number of nitrogens with zero attached hydrogens (tertiary/aromatic N) is 3. The molecule has 0 amide bonds. The van der Waals surface area contributed by atoms with Gasteiger partial charge in [-0.3, -0.25) is 4.90 Å². The molecule has 4 heteroatoms. The van der Waals surface area contributed by atoms with Crippen LogP contribution in [0.1, 0.15) is 32.6 Å². The second kappa shape index (κ2) is 8.20. The van der Waals surface area contributed by atoms with Crippen molar-refractivity contribution < 1.29 is 5.11 Å². The van der Waals surface area contributed by atoms with Crippen molar-refractivity contribution in [1.29, 1.82) is 0 Å². The van der Waals surface area contributed by atoms with Crippen LogP contribution in [0.5, 0.6) is 0 Å². The lowest BCUT2D eigenvalue weighted by Gasteiger charge is -2.40. The Kier molecular flexibility index (Phi) is 6.57. The monoisotopic (exact) mass is 269 g/mol. The molecule has 2 heterocycles. The zero-order valence-electron chi connectivity index (χ0n) is 12.6. The molecule has 0 aromatic carbocycles. The standard InChI is InChI=1S/C15H31N3O/c1-15-14-17(10-11-18(15)12-13-19)9-5-8-16-6-3-2-4-7-16/h15,19H,2-14H2,1H3/t15-/m0/s1. The van der Waals surface area contributed by atoms with E-state index in [-0.39, 0.29) is 0 Å². The summed E-state index contributed by atoms with van der Waals surface area (Å²) in [7, 11) is 0. The average molecular weight is 269 g/mol. The summed E-state index contributed by atoms with van der Waals surface area (Å²) in [5.74, 6) is 0. The van der Waals surface area contributed by atoms with Crippen LogP contribution < -0.4 is 0 Å². The van der Waals surface area contributed by atoms with Crippen LogP contribution in [0, 0.1) is 0 Å². The highest BCUT2D eigenvalue weighted by atomic mass is 16.3. The molecule has 112 valence electrons. The SMILES string of the molecule is C[C@H]1CN(CCCN2CCCCC2)CCN1CCO. The van der Waals surface area contributed by atoms with Gasteiger partial charge in [0.25, 0.3) is 0 Å². The van der Waals surface area contributed by atoms with Crippen LogP contribution in [0.15, 0.2) is 0 Å². The third kappa shape index (κ3) is 5.03. The topological polar surface area (TPSA) is 30.0 Å². The molecule has 1 N–H and O–H groups in total. The smallest absolute Gasteiger partial charge is 0.0558 e. The lowest BCUT2D eigenvalue weighted by atomic mass is 10.1. The minimum absolute atomic E-state index is 0.291. The fourth-order valence-corrected chi connectivity index (χ4v) is 3.44. The van der Waals surface area contributed by atoms with Gasteiger partial charge in [-0.15, -0.1) is 0 Å². The van der Waals surface area contributed by atoms with Gasteiger partial charge in [0.15, 0.2) is 0 Å². The molecule has 0 aromatic rings. The van der Waals surface area contributed by atoms with Crippen molar-refractivity contribution in [2.75, 3.05) is 59.0 Å². The summed E-state index contributed by atoms with van der Waals surface area (Å²) in [6, 6.07) is 0.593. The Morgan fingerprint density at radius 3 is 2.32 bits per heavy atom. The zero-order valence-corrected chi connectivity index (χ0v) is 12.6. The number of hydrogen-bond donors (Lipinski definition) is 1. The van der Waals surface area contributed by atoms with E-state index in [0.717, 1.165) is 13.1 Å². The Hall–Kier alpha value is -0.160. The van der Waals surface area contributed by atoms with Gasteiger partial charge in [0.05, 0.1) is 6.61 Å². The van der Waals surface area contributed by atoms with Gasteiger partial charge in [0, 0.05) is 32.2 Å². The second-order valence-electron chi connectivity index (χ2n) is 6.17. The minimum atomic E-state index is 0.291. The zero-order chi connectivity index (χ0) is 13.5. The summed E-state index contributed by atoms with van der Waals surface area (Å²) in [5, 5.41) is 9.03. The van der Waals surface area contributed by atoms with Crippen molar-refractivity contribution in [2.24, 2.45) is 0 Å². The Morgan fingerprint density at radius 2 is 1.63 bits per heavy atom. The molecule has 19 heavy (non-hydrogen) atoms. The van der Waals surface area contributed by atoms with Gasteiger partial charge >= 0.3 is 0 Å². The van der Waals surface area contributed by atoms with E-state index in [1.165, 1.54) is 65.0 Å². The van der Waals surface area contributed by atoms with Gasteiger partial charge in [-0.2, -0.15) is 0 Å². The van der Waals surface area contributed by atoms with Gasteiger partial charge in [-0.25, -0.2) is 0 Å². The number of β-amino-alcohol motifs (C(OH)–C–C–N with tert-alkyl or cyclic N) is 1. The number of likely N-dealkylation sites (tertiary alicyclic amines) is 1. The molecule has 2 aliphatic heterocycles. The average Bonchev–Trinajstić information content (AvgIpc) is 2.43. The predicted molar refractivity (Wildman–Crippen MR) is 79.5 cm³/mol. The van der Waals surface area contributed by atoms with Gasteiger partial charge < -0.3 is 14.9 Å². The molecule has 2 saturated heterocycles. The number of piperazine rings is 1. The fraction of sp³-hybridized carbons (Fsp3) is 1.00. The summed E-state index contributed by atoms with van der Waals surface area (Å²) < 4.78 is 0. The van der Waals surface area contributed by atoms with Crippen LogP contribution in [0.2, 0.25) is 0 Å². The molecule has 0 unspecified atom stereocenters. The van der Waals surface area contributed by atoms with Crippen LogP contribution in [0.3, 0.4) is 0 Å². The summed E-state index contributed by atoms with van der Waals surface area (Å²) in [5.41, 5.74) is 0. The fourth-order valence-electron chi connectivity index (χ4n) is 3.44. The number of aliphatic hydroxyl groups is 1.